The summed E-state index contributed by atoms with van der Waals surface area (Å²) in [6, 6.07) is 6.11. The molecule has 3 aliphatic rings. The molecule has 1 fully saturated rings. The molecule has 1 aromatic carbocycles. The van der Waals surface area contributed by atoms with Gasteiger partial charge in [-0.05, 0) is 89.5 Å². The van der Waals surface area contributed by atoms with Crippen LogP contribution in [0.15, 0.2) is 24.3 Å². The van der Waals surface area contributed by atoms with Gasteiger partial charge in [-0.25, -0.2) is 0 Å². The first-order valence-electron chi connectivity index (χ1n) is 15.0. The minimum atomic E-state index is -0.923. The van der Waals surface area contributed by atoms with E-state index in [1.165, 1.54) is 0 Å². The molecule has 9 nitrogen and oxygen atoms in total. The molecule has 3 amide bonds. The van der Waals surface area contributed by atoms with E-state index in [4.69, 9.17) is 4.74 Å². The second kappa shape index (κ2) is 14.8. The number of likely N-dealkylation sites (tertiary alicyclic amines) is 1. The predicted molar refractivity (Wildman–Crippen MR) is 156 cm³/mol. The maximum Gasteiger partial charge on any atom is 0.243 e. The summed E-state index contributed by atoms with van der Waals surface area (Å²) in [5.41, 5.74) is 0.605. The van der Waals surface area contributed by atoms with E-state index in [1.807, 2.05) is 63.8 Å². The van der Waals surface area contributed by atoms with Crippen molar-refractivity contribution in [2.24, 2.45) is 5.92 Å². The van der Waals surface area contributed by atoms with E-state index in [2.05, 4.69) is 16.0 Å². The topological polar surface area (TPSA) is 120 Å². The molecule has 0 unspecified atom stereocenters. The summed E-state index contributed by atoms with van der Waals surface area (Å²) in [5, 5.41) is 20.6. The molecule has 0 aromatic heterocycles. The molecule has 3 heterocycles. The van der Waals surface area contributed by atoms with Gasteiger partial charge in [-0.2, -0.15) is 0 Å². The van der Waals surface area contributed by atoms with E-state index >= 15 is 0 Å². The molecule has 0 saturated carbocycles. The number of piperidine rings is 1. The highest BCUT2D eigenvalue weighted by Crippen LogP contribution is 2.21. The number of β-amino-alcohol motifs (C(OH)–C–C–N with tert-alkyl or cyclic N) is 1. The normalized spacial score (nSPS) is 24.9. The predicted octanol–water partition coefficient (Wildman–Crippen LogP) is 2.94. The Hall–Kier alpha value is -2.65. The zero-order chi connectivity index (χ0) is 29.3. The first kappa shape index (κ1) is 31.9. The molecule has 0 aliphatic carbocycles. The Morgan fingerprint density at radius 3 is 2.48 bits per heavy atom. The Morgan fingerprint density at radius 1 is 1.07 bits per heavy atom. The van der Waals surface area contributed by atoms with E-state index < -0.39 is 18.2 Å². The van der Waals surface area contributed by atoms with E-state index in [-0.39, 0.29) is 41.8 Å². The number of hydrogen-bond donors (Lipinski definition) is 4. The highest BCUT2D eigenvalue weighted by molar-refractivity contribution is 5.88. The van der Waals surface area contributed by atoms with Crippen LogP contribution in [0.4, 0.5) is 0 Å². The fraction of sp³-hybridized carbons (Fsp3) is 0.710. The first-order chi connectivity index (χ1) is 18.9. The number of carbonyl (C=O) groups is 3. The number of aliphatic hydroxyl groups is 1. The standard InChI is InChI=1S/C31H50N4O5/c1-21(2)28-30(39)32-24(26(36)20-35-17-9-8-11-25(35)29(38)34-31(3,4)5)19-22-13-15-23(16-14-22)40-18-10-6-7-12-27(37)33-28/h13-16,21,24-26,28,36H,6-12,17-20H2,1-5H3,(H,32,39)(H,33,37)(H,34,38)/t24-,25+,26-,28+/m1/s1. The second-order valence-corrected chi connectivity index (χ2v) is 12.7. The molecular formula is C31H50N4O5. The molecule has 1 saturated heterocycles. The minimum Gasteiger partial charge on any atom is -0.494 e. The zero-order valence-electron chi connectivity index (χ0n) is 25.0. The molecule has 9 heteroatoms. The van der Waals surface area contributed by atoms with Crippen LogP contribution in [0.1, 0.15) is 85.1 Å². The van der Waals surface area contributed by atoms with Crippen LogP contribution >= 0.6 is 0 Å². The fourth-order valence-electron chi connectivity index (χ4n) is 5.39. The summed E-state index contributed by atoms with van der Waals surface area (Å²) in [6.45, 7) is 11.2. The lowest BCUT2D eigenvalue weighted by Gasteiger charge is -2.39. The number of benzene rings is 1. The Bertz CT molecular complexity index is 975. The lowest BCUT2D eigenvalue weighted by Crippen LogP contribution is -2.59. The van der Waals surface area contributed by atoms with Crippen molar-refractivity contribution in [3.8, 4) is 5.75 Å². The molecule has 1 aromatic rings. The van der Waals surface area contributed by atoms with Crippen LogP contribution in [0.5, 0.6) is 5.75 Å². The average Bonchev–Trinajstić information content (AvgIpc) is 2.88. The highest BCUT2D eigenvalue weighted by Gasteiger charge is 2.35. The van der Waals surface area contributed by atoms with E-state index in [9.17, 15) is 19.5 Å². The summed E-state index contributed by atoms with van der Waals surface area (Å²) in [4.78, 5) is 41.3. The summed E-state index contributed by atoms with van der Waals surface area (Å²) >= 11 is 0. The van der Waals surface area contributed by atoms with Gasteiger partial charge in [0.05, 0.1) is 24.8 Å². The Morgan fingerprint density at radius 2 is 1.80 bits per heavy atom. The number of ether oxygens (including phenoxy) is 1. The number of hydrogen-bond acceptors (Lipinski definition) is 6. The van der Waals surface area contributed by atoms with Gasteiger partial charge < -0.3 is 25.8 Å². The number of nitrogens with zero attached hydrogens (tertiary/aromatic N) is 1. The van der Waals surface area contributed by atoms with Gasteiger partial charge in [0.25, 0.3) is 0 Å². The van der Waals surface area contributed by atoms with E-state index in [1.54, 1.807) is 0 Å². The molecule has 0 spiro atoms. The SMILES string of the molecule is CC(C)[C@@H]1NC(=O)CCCCCOc2ccc(cc2)C[C@H]([C@H](O)CN2CCCC[C@H]2C(=O)NC(C)(C)C)NC1=O. The number of rotatable bonds is 5. The maximum absolute atomic E-state index is 13.5. The lowest BCUT2D eigenvalue weighted by atomic mass is 9.95. The van der Waals surface area contributed by atoms with Crippen molar-refractivity contribution in [3.05, 3.63) is 29.8 Å². The third-order valence-corrected chi connectivity index (χ3v) is 7.59. The van der Waals surface area contributed by atoms with Gasteiger partial charge in [0, 0.05) is 18.5 Å². The first-order valence-corrected chi connectivity index (χ1v) is 15.0. The summed E-state index contributed by atoms with van der Waals surface area (Å²) in [6.07, 6.45) is 4.91. The van der Waals surface area contributed by atoms with Gasteiger partial charge in [-0.3, -0.25) is 19.3 Å². The molecule has 3 aliphatic heterocycles. The molecule has 2 bridgehead atoms. The number of nitrogens with one attached hydrogen (secondary N) is 3. The van der Waals surface area contributed by atoms with Crippen LogP contribution < -0.4 is 20.7 Å². The van der Waals surface area contributed by atoms with Crippen molar-refractivity contribution in [3.63, 3.8) is 0 Å². The van der Waals surface area contributed by atoms with Crippen LogP contribution in [-0.2, 0) is 20.8 Å². The molecular weight excluding hydrogens is 508 g/mol. The average molecular weight is 559 g/mol. The number of carbonyl (C=O) groups excluding carboxylic acids is 3. The lowest BCUT2D eigenvalue weighted by molar-refractivity contribution is -0.132. The van der Waals surface area contributed by atoms with Crippen molar-refractivity contribution < 1.29 is 24.2 Å². The van der Waals surface area contributed by atoms with Crippen molar-refractivity contribution in [2.75, 3.05) is 19.7 Å². The highest BCUT2D eigenvalue weighted by atomic mass is 16.5. The van der Waals surface area contributed by atoms with Crippen molar-refractivity contribution in [1.82, 2.24) is 20.9 Å². The third-order valence-electron chi connectivity index (χ3n) is 7.59. The maximum atomic E-state index is 13.5. The van der Waals surface area contributed by atoms with E-state index in [0.29, 0.717) is 26.0 Å². The molecule has 4 atom stereocenters. The smallest absolute Gasteiger partial charge is 0.243 e. The largest absolute Gasteiger partial charge is 0.494 e. The van der Waals surface area contributed by atoms with Crippen LogP contribution in [0, 0.1) is 5.92 Å². The fourth-order valence-corrected chi connectivity index (χ4v) is 5.39. The third kappa shape index (κ3) is 10.1. The molecule has 4 rings (SSSR count). The number of fused-ring (bicyclic) bond motifs is 14. The van der Waals surface area contributed by atoms with Crippen molar-refractivity contribution >= 4 is 17.7 Å². The molecule has 4 N–H and O–H groups in total. The zero-order valence-corrected chi connectivity index (χ0v) is 25.0. The molecule has 40 heavy (non-hydrogen) atoms. The van der Waals surface area contributed by atoms with Gasteiger partial charge >= 0.3 is 0 Å². The number of aliphatic hydroxyl groups excluding tert-OH is 1. The number of amides is 3. The molecule has 0 radical (unpaired) electrons. The molecule has 224 valence electrons. The summed E-state index contributed by atoms with van der Waals surface area (Å²) < 4.78 is 5.86. The van der Waals surface area contributed by atoms with Gasteiger partial charge in [0.2, 0.25) is 17.7 Å². The van der Waals surface area contributed by atoms with Crippen molar-refractivity contribution in [2.45, 2.75) is 116 Å². The van der Waals surface area contributed by atoms with Crippen LogP contribution in [0.2, 0.25) is 0 Å². The summed E-state index contributed by atoms with van der Waals surface area (Å²) in [5.74, 6) is 0.161. The van der Waals surface area contributed by atoms with Gasteiger partial charge in [-0.1, -0.05) is 32.4 Å². The Kier molecular flexibility index (Phi) is 11.8. The Labute approximate surface area is 239 Å². The van der Waals surface area contributed by atoms with Crippen LogP contribution in [0.25, 0.3) is 0 Å². The van der Waals surface area contributed by atoms with E-state index in [0.717, 1.165) is 49.8 Å². The Balaban J connectivity index is 1.82. The van der Waals surface area contributed by atoms with Gasteiger partial charge in [0.15, 0.2) is 0 Å². The van der Waals surface area contributed by atoms with Crippen molar-refractivity contribution in [1.29, 1.82) is 0 Å². The van der Waals surface area contributed by atoms with Crippen LogP contribution in [-0.4, -0.2) is 77.2 Å². The minimum absolute atomic E-state index is 0.0319. The van der Waals surface area contributed by atoms with Crippen LogP contribution in [0.3, 0.4) is 0 Å². The quantitative estimate of drug-likeness (QED) is 0.441. The van der Waals surface area contributed by atoms with Gasteiger partial charge in [-0.15, -0.1) is 0 Å². The summed E-state index contributed by atoms with van der Waals surface area (Å²) in [7, 11) is 0. The monoisotopic (exact) mass is 558 g/mol. The van der Waals surface area contributed by atoms with Gasteiger partial charge in [0.1, 0.15) is 11.8 Å². The second-order valence-electron chi connectivity index (χ2n) is 12.7.